The van der Waals surface area contributed by atoms with E-state index in [2.05, 4.69) is 94.9 Å². The second kappa shape index (κ2) is 28.3. The fraction of sp³-hybridized carbons (Fsp3) is 0.208. The predicted molar refractivity (Wildman–Crippen MR) is 306 cm³/mol. The first-order chi connectivity index (χ1) is 34.8. The van der Waals surface area contributed by atoms with Gasteiger partial charge in [0.2, 0.25) is 10.6 Å². The van der Waals surface area contributed by atoms with Crippen LogP contribution >= 0.6 is 66.4 Å². The Balaban J connectivity index is 0.000000150. The number of aromatic carboxylic acids is 1. The van der Waals surface area contributed by atoms with E-state index in [-0.39, 0.29) is 23.8 Å². The lowest BCUT2D eigenvalue weighted by atomic mass is 10.1. The van der Waals surface area contributed by atoms with Crippen LogP contribution in [0.4, 0.5) is 23.0 Å². The molecule has 7 N–H and O–H groups in total. The number of fused-ring (bicyclic) bond motifs is 3. The average Bonchev–Trinajstić information content (AvgIpc) is 4.21. The van der Waals surface area contributed by atoms with Gasteiger partial charge in [-0.3, -0.25) is 14.8 Å². The monoisotopic (exact) mass is 1170 g/mol. The lowest BCUT2D eigenvalue weighted by Crippen LogP contribution is -2.29. The van der Waals surface area contributed by atoms with Gasteiger partial charge in [0.05, 0.1) is 25.4 Å². The molecule has 0 spiro atoms. The summed E-state index contributed by atoms with van der Waals surface area (Å²) in [5.74, 6) is 0.555. The molecule has 2 saturated heterocycles. The largest absolute Gasteiger partial charge is 0.477 e. The number of nitrogens with one attached hydrogen (secondary N) is 4. The molecule has 12 rings (SSSR count). The van der Waals surface area contributed by atoms with Crippen LogP contribution in [0.15, 0.2) is 141 Å². The Labute approximate surface area is 454 Å². The third kappa shape index (κ3) is 17.8. The van der Waals surface area contributed by atoms with Crippen LogP contribution in [0.3, 0.4) is 0 Å². The third-order valence-electron chi connectivity index (χ3n) is 10.6. The van der Waals surface area contributed by atoms with E-state index in [0.717, 1.165) is 90.7 Å². The molecule has 4 aromatic heterocycles. The van der Waals surface area contributed by atoms with Gasteiger partial charge in [-0.1, -0.05) is 75.7 Å². The minimum absolute atomic E-state index is 0. The molecule has 0 saturated carbocycles. The number of thiophene rings is 1. The number of carboxylic acids is 1. The summed E-state index contributed by atoms with van der Waals surface area (Å²) >= 11 is 19.5. The van der Waals surface area contributed by atoms with E-state index in [4.69, 9.17) is 38.8 Å². The van der Waals surface area contributed by atoms with Gasteiger partial charge in [0.15, 0.2) is 5.78 Å². The first-order valence-electron chi connectivity index (χ1n) is 22.5. The molecule has 4 aliphatic rings. The normalized spacial score (nSPS) is 14.3. The van der Waals surface area contributed by atoms with Gasteiger partial charge < -0.3 is 36.5 Å². The van der Waals surface area contributed by atoms with Crippen LogP contribution < -0.4 is 21.7 Å². The number of carbonyl (C=O) groups is 2. The summed E-state index contributed by atoms with van der Waals surface area (Å²) in [5.41, 5.74) is 13.7. The maximum absolute atomic E-state index is 11.1. The lowest BCUT2D eigenvalue weighted by molar-refractivity contribution is 0.0702. The van der Waals surface area contributed by atoms with E-state index in [1.807, 2.05) is 91.3 Å². The minimum atomic E-state index is -0.864. The molecule has 15 nitrogen and oxygen atoms in total. The number of nitrogens with two attached hydrogens (primary N) is 1. The van der Waals surface area contributed by atoms with Crippen LogP contribution in [-0.2, 0) is 11.3 Å². The number of H-pyrrole nitrogens is 1. The highest BCUT2D eigenvalue weighted by Crippen LogP contribution is 2.29. The predicted octanol–water partition coefficient (Wildman–Crippen LogP) is 13.0. The highest BCUT2D eigenvalue weighted by Gasteiger charge is 2.10. The van der Waals surface area contributed by atoms with Crippen molar-refractivity contribution in [3.8, 4) is 0 Å². The van der Waals surface area contributed by atoms with E-state index in [9.17, 15) is 9.59 Å². The molecular formula is C53H53Br2Cl2N11O4S. The number of rotatable bonds is 7. The quantitative estimate of drug-likeness (QED) is 0.0649. The van der Waals surface area contributed by atoms with Crippen LogP contribution in [0.25, 0.3) is 26.6 Å². The number of ether oxygens (including phenoxy) is 1. The number of hydrogen-bond donors (Lipinski definition) is 6. The zero-order chi connectivity index (χ0) is 50.8. The summed E-state index contributed by atoms with van der Waals surface area (Å²) in [6.45, 7) is 7.23. The molecule has 2 fully saturated rings. The number of Topliss-reactive ketones (excluding diaryl/α,β-unsaturated/α-hetero) is 1. The minimum Gasteiger partial charge on any atom is -0.477 e. The molecule has 4 aromatic carbocycles. The first kappa shape index (κ1) is 56.1. The van der Waals surface area contributed by atoms with Gasteiger partial charge in [-0.2, -0.15) is 0 Å². The van der Waals surface area contributed by atoms with Gasteiger partial charge in [-0.25, -0.2) is 24.7 Å². The van der Waals surface area contributed by atoms with Crippen molar-refractivity contribution in [2.24, 2.45) is 15.7 Å². The standard InChI is InChI=1S/C14H11ClN4.C12H9ClN4.C10H8BrNO.C9H5BrO2S.C4H9NO.C3H7N.CH4/c15-14-17-8-6-13(19-14)18-12-3-1-10(2-4-12)11-5-7-16-9-11;13-12-15-4-3-11(17-12)16-10-2-1-8-6-14-7-9(8)5-10;1-6(13)9-4-7-2-3-8(11)5-10(7)12-9;10-6-2-1-5-3-8(9(11)12)13-7(5)4-6;5-4-1-2-6-3-4;1-2-4-3-1;/h1-6,8-9H,7H2,(H,17,18,19);1-5,7H,6H2,(H,15,16,17);2-5,12H,1H3;1-4H,(H,11,12);4H,1-3,5H2;4H,1-3H2;1H4. The molecular weight excluding hydrogens is 1120 g/mol. The van der Waals surface area contributed by atoms with E-state index >= 15 is 0 Å². The number of carboxylic acid groups (broad SMARTS) is 1. The van der Waals surface area contributed by atoms with Gasteiger partial charge in [-0.05, 0) is 150 Å². The van der Waals surface area contributed by atoms with Crippen molar-refractivity contribution >= 4 is 140 Å². The molecule has 8 aromatic rings. The zero-order valence-corrected chi connectivity index (χ0v) is 44.3. The number of ketones is 1. The maximum atomic E-state index is 11.1. The smallest absolute Gasteiger partial charge is 0.345 e. The second-order valence-corrected chi connectivity index (χ2v) is 19.7. The highest BCUT2D eigenvalue weighted by molar-refractivity contribution is 9.10. The number of allylic oxidation sites excluding steroid dienone is 1. The zero-order valence-electron chi connectivity index (χ0n) is 38.8. The number of anilines is 4. The SMILES string of the molecule is C.C1CNC1.CC(=O)c1cc2ccc(Br)cc2[nH]1.Clc1nccc(Nc2ccc(C3=CCN=C3)cc2)n1.Clc1nccc(Nc2ccc3c(c2)C=NC3)n1.NC1CCOC1.O=C(O)c1cc2ccc(Br)cc2s1. The summed E-state index contributed by atoms with van der Waals surface area (Å²) in [5, 5.41) is 20.7. The Morgan fingerprint density at radius 2 is 1.45 bits per heavy atom. The molecule has 4 aliphatic heterocycles. The van der Waals surface area contributed by atoms with E-state index in [0.29, 0.717) is 28.2 Å². The van der Waals surface area contributed by atoms with Crippen LogP contribution in [0.2, 0.25) is 10.6 Å². The van der Waals surface area contributed by atoms with E-state index in [1.165, 1.54) is 36.4 Å². The topological polar surface area (TPSA) is 218 Å². The van der Waals surface area contributed by atoms with Crippen molar-refractivity contribution in [3.63, 3.8) is 0 Å². The number of nitrogens with zero attached hydrogens (tertiary/aromatic N) is 6. The fourth-order valence-corrected chi connectivity index (χ4v) is 8.82. The Bertz CT molecular complexity index is 3120. The molecule has 0 radical (unpaired) electrons. The summed E-state index contributed by atoms with van der Waals surface area (Å²) in [7, 11) is 0. The molecule has 0 amide bonds. The highest BCUT2D eigenvalue weighted by atomic mass is 79.9. The van der Waals surface area contributed by atoms with Crippen LogP contribution in [0.1, 0.15) is 64.0 Å². The summed E-state index contributed by atoms with van der Waals surface area (Å²) in [6.07, 6.45) is 11.5. The molecule has 8 heterocycles. The van der Waals surface area contributed by atoms with Crippen molar-refractivity contribution < 1.29 is 19.4 Å². The van der Waals surface area contributed by atoms with Gasteiger partial charge in [0, 0.05) is 80.3 Å². The van der Waals surface area contributed by atoms with Gasteiger partial charge in [-0.15, -0.1) is 11.3 Å². The Kier molecular flexibility index (Phi) is 21.7. The van der Waals surface area contributed by atoms with Crippen LogP contribution in [-0.4, -0.2) is 93.1 Å². The number of aromatic amines is 1. The maximum Gasteiger partial charge on any atom is 0.345 e. The number of carbonyl (C=O) groups excluding carboxylic acids is 1. The molecule has 378 valence electrons. The van der Waals surface area contributed by atoms with Crippen molar-refractivity contribution in [1.82, 2.24) is 30.2 Å². The van der Waals surface area contributed by atoms with Crippen LogP contribution in [0, 0.1) is 0 Å². The fourth-order valence-electron chi connectivity index (χ4n) is 6.71. The molecule has 0 bridgehead atoms. The molecule has 20 heteroatoms. The number of benzene rings is 4. The molecule has 1 atom stereocenters. The number of aromatic nitrogens is 5. The summed E-state index contributed by atoms with van der Waals surface area (Å²) in [6, 6.07) is 33.3. The first-order valence-corrected chi connectivity index (χ1v) is 25.7. The Morgan fingerprint density at radius 1 is 0.808 bits per heavy atom. The van der Waals surface area contributed by atoms with Crippen molar-refractivity contribution in [2.75, 3.05) is 43.5 Å². The molecule has 1 unspecified atom stereocenters. The van der Waals surface area contributed by atoms with Gasteiger partial charge in [0.25, 0.3) is 0 Å². The number of aliphatic imine (C=N–C) groups is 2. The van der Waals surface area contributed by atoms with Crippen molar-refractivity contribution in [1.29, 1.82) is 0 Å². The van der Waals surface area contributed by atoms with Crippen LogP contribution in [0.5, 0.6) is 0 Å². The molecule has 0 aliphatic carbocycles. The summed E-state index contributed by atoms with van der Waals surface area (Å²) in [4.78, 5) is 49.4. The number of hydrogen-bond acceptors (Lipinski definition) is 14. The molecule has 73 heavy (non-hydrogen) atoms. The average molecular weight is 1170 g/mol. The second-order valence-electron chi connectivity index (χ2n) is 16.1. The summed E-state index contributed by atoms with van der Waals surface area (Å²) < 4.78 is 7.91. The van der Waals surface area contributed by atoms with E-state index < -0.39 is 5.97 Å². The third-order valence-corrected chi connectivity index (χ3v) is 13.1. The Hall–Kier alpha value is -6.22. The lowest BCUT2D eigenvalue weighted by Gasteiger charge is -2.09. The van der Waals surface area contributed by atoms with Crippen molar-refractivity contribution in [3.05, 3.63) is 168 Å². The van der Waals surface area contributed by atoms with Gasteiger partial charge >= 0.3 is 5.97 Å². The van der Waals surface area contributed by atoms with Crippen molar-refractivity contribution in [2.45, 2.75) is 39.8 Å². The van der Waals surface area contributed by atoms with Gasteiger partial charge in [0.1, 0.15) is 16.5 Å². The number of halogens is 4. The van der Waals surface area contributed by atoms with E-state index in [1.54, 1.807) is 37.5 Å². The Morgan fingerprint density at radius 3 is 2.01 bits per heavy atom.